The number of nitrogens with one attached hydrogen (secondary N) is 2. The lowest BCUT2D eigenvalue weighted by Gasteiger charge is -2.11. The molecule has 1 amide bonds. The number of ether oxygens (including phenoxy) is 1. The largest absolute Gasteiger partial charge is 0.494 e. The summed E-state index contributed by atoms with van der Waals surface area (Å²) in [5, 5.41) is 6.26. The normalized spacial score (nSPS) is 18.3. The minimum absolute atomic E-state index is 0.126. The molecule has 1 aromatic carbocycles. The standard InChI is InChI=1S/C15H22N2O2/c1-12-4-2-5-14(10-12)19-9-3-6-15(18)17-13-7-8-16-11-13/h2,4-5,10,13,16H,3,6-9,11H2,1H3,(H,17,18). The maximum absolute atomic E-state index is 11.7. The van der Waals surface area contributed by atoms with Crippen LogP contribution in [0.15, 0.2) is 24.3 Å². The Morgan fingerprint density at radius 1 is 1.53 bits per heavy atom. The third-order valence-electron chi connectivity index (χ3n) is 3.23. The average Bonchev–Trinajstić information content (AvgIpc) is 2.87. The summed E-state index contributed by atoms with van der Waals surface area (Å²) in [4.78, 5) is 11.7. The van der Waals surface area contributed by atoms with Gasteiger partial charge in [0.2, 0.25) is 5.91 Å². The molecule has 1 saturated heterocycles. The Kier molecular flexibility index (Phi) is 5.21. The van der Waals surface area contributed by atoms with Crippen LogP contribution in [0.4, 0.5) is 0 Å². The molecule has 0 saturated carbocycles. The molecule has 19 heavy (non-hydrogen) atoms. The van der Waals surface area contributed by atoms with Gasteiger partial charge in [-0.3, -0.25) is 4.79 Å². The minimum Gasteiger partial charge on any atom is -0.494 e. The van der Waals surface area contributed by atoms with E-state index in [4.69, 9.17) is 4.74 Å². The van der Waals surface area contributed by atoms with Crippen molar-refractivity contribution in [3.63, 3.8) is 0 Å². The van der Waals surface area contributed by atoms with Crippen molar-refractivity contribution in [3.8, 4) is 5.75 Å². The van der Waals surface area contributed by atoms with Crippen LogP contribution in [-0.4, -0.2) is 31.6 Å². The molecule has 1 fully saturated rings. The van der Waals surface area contributed by atoms with E-state index in [1.54, 1.807) is 0 Å². The maximum Gasteiger partial charge on any atom is 0.220 e. The summed E-state index contributed by atoms with van der Waals surface area (Å²) < 4.78 is 5.61. The van der Waals surface area contributed by atoms with E-state index in [0.29, 0.717) is 19.1 Å². The van der Waals surface area contributed by atoms with Crippen LogP contribution in [0.2, 0.25) is 0 Å². The first-order valence-corrected chi connectivity index (χ1v) is 6.93. The summed E-state index contributed by atoms with van der Waals surface area (Å²) in [6.45, 7) is 4.52. The van der Waals surface area contributed by atoms with Gasteiger partial charge in [-0.2, -0.15) is 0 Å². The smallest absolute Gasteiger partial charge is 0.220 e. The SMILES string of the molecule is Cc1cccc(OCCCC(=O)NC2CCNC2)c1. The molecule has 0 aliphatic carbocycles. The molecule has 1 aliphatic rings. The van der Waals surface area contributed by atoms with Crippen LogP contribution in [0.3, 0.4) is 0 Å². The fraction of sp³-hybridized carbons (Fsp3) is 0.533. The molecule has 0 bridgehead atoms. The molecule has 1 aliphatic heterocycles. The molecule has 2 N–H and O–H groups in total. The topological polar surface area (TPSA) is 50.4 Å². The van der Waals surface area contributed by atoms with Gasteiger partial charge < -0.3 is 15.4 Å². The second-order valence-corrected chi connectivity index (χ2v) is 5.03. The van der Waals surface area contributed by atoms with Crippen LogP contribution in [0.5, 0.6) is 5.75 Å². The summed E-state index contributed by atoms with van der Waals surface area (Å²) in [5.74, 6) is 1.00. The number of aryl methyl sites for hydroxylation is 1. The summed E-state index contributed by atoms with van der Waals surface area (Å²) in [7, 11) is 0. The second kappa shape index (κ2) is 7.14. The first-order chi connectivity index (χ1) is 9.24. The van der Waals surface area contributed by atoms with Crippen molar-refractivity contribution in [2.24, 2.45) is 0 Å². The van der Waals surface area contributed by atoms with Gasteiger partial charge in [-0.05, 0) is 44.0 Å². The van der Waals surface area contributed by atoms with Gasteiger partial charge >= 0.3 is 0 Å². The zero-order chi connectivity index (χ0) is 13.5. The third kappa shape index (κ3) is 4.91. The summed E-state index contributed by atoms with van der Waals surface area (Å²) in [5.41, 5.74) is 1.18. The van der Waals surface area contributed by atoms with Crippen molar-refractivity contribution in [3.05, 3.63) is 29.8 Å². The van der Waals surface area contributed by atoms with E-state index in [9.17, 15) is 4.79 Å². The highest BCUT2D eigenvalue weighted by Crippen LogP contribution is 2.12. The Bertz CT molecular complexity index is 414. The molecule has 1 heterocycles. The van der Waals surface area contributed by atoms with Gasteiger partial charge in [0.25, 0.3) is 0 Å². The summed E-state index contributed by atoms with van der Waals surface area (Å²) in [6.07, 6.45) is 2.31. The molecular formula is C15H22N2O2. The number of amides is 1. The van der Waals surface area contributed by atoms with Crippen LogP contribution in [0.1, 0.15) is 24.8 Å². The molecule has 0 spiro atoms. The lowest BCUT2D eigenvalue weighted by molar-refractivity contribution is -0.121. The molecule has 0 radical (unpaired) electrons. The number of hydrogen-bond acceptors (Lipinski definition) is 3. The maximum atomic E-state index is 11.7. The predicted octanol–water partition coefficient (Wildman–Crippen LogP) is 1.63. The quantitative estimate of drug-likeness (QED) is 0.766. The Labute approximate surface area is 114 Å². The molecule has 1 atom stereocenters. The van der Waals surface area contributed by atoms with E-state index in [1.807, 2.05) is 31.2 Å². The highest BCUT2D eigenvalue weighted by molar-refractivity contribution is 5.76. The minimum atomic E-state index is 0.126. The van der Waals surface area contributed by atoms with Crippen molar-refractivity contribution >= 4 is 5.91 Å². The van der Waals surface area contributed by atoms with Crippen molar-refractivity contribution in [2.75, 3.05) is 19.7 Å². The fourth-order valence-electron chi connectivity index (χ4n) is 2.21. The van der Waals surface area contributed by atoms with Gasteiger partial charge in [-0.1, -0.05) is 12.1 Å². The highest BCUT2D eigenvalue weighted by Gasteiger charge is 2.15. The van der Waals surface area contributed by atoms with Crippen molar-refractivity contribution < 1.29 is 9.53 Å². The molecule has 104 valence electrons. The van der Waals surface area contributed by atoms with E-state index in [2.05, 4.69) is 10.6 Å². The molecule has 4 heteroatoms. The predicted molar refractivity (Wildman–Crippen MR) is 75.3 cm³/mol. The first kappa shape index (κ1) is 13.9. The lowest BCUT2D eigenvalue weighted by Crippen LogP contribution is -2.36. The summed E-state index contributed by atoms with van der Waals surface area (Å²) >= 11 is 0. The molecular weight excluding hydrogens is 240 g/mol. The van der Waals surface area contributed by atoms with Gasteiger partial charge in [0, 0.05) is 19.0 Å². The molecule has 0 aromatic heterocycles. The van der Waals surface area contributed by atoms with Crippen LogP contribution < -0.4 is 15.4 Å². The number of hydrogen-bond donors (Lipinski definition) is 2. The first-order valence-electron chi connectivity index (χ1n) is 6.93. The van der Waals surface area contributed by atoms with Crippen molar-refractivity contribution in [1.29, 1.82) is 0 Å². The molecule has 1 aromatic rings. The fourth-order valence-corrected chi connectivity index (χ4v) is 2.21. The Balaban J connectivity index is 1.59. The van der Waals surface area contributed by atoms with Crippen LogP contribution >= 0.6 is 0 Å². The second-order valence-electron chi connectivity index (χ2n) is 5.03. The van der Waals surface area contributed by atoms with Gasteiger partial charge in [0.05, 0.1) is 6.61 Å². The Morgan fingerprint density at radius 2 is 2.42 bits per heavy atom. The van der Waals surface area contributed by atoms with Crippen molar-refractivity contribution in [2.45, 2.75) is 32.2 Å². The van der Waals surface area contributed by atoms with Crippen LogP contribution in [0, 0.1) is 6.92 Å². The van der Waals surface area contributed by atoms with E-state index in [1.165, 1.54) is 5.56 Å². The number of carbonyl (C=O) groups is 1. The molecule has 1 unspecified atom stereocenters. The molecule has 2 rings (SSSR count). The zero-order valence-corrected chi connectivity index (χ0v) is 11.4. The average molecular weight is 262 g/mol. The van der Waals surface area contributed by atoms with Gasteiger partial charge in [-0.25, -0.2) is 0 Å². The van der Waals surface area contributed by atoms with Crippen molar-refractivity contribution in [1.82, 2.24) is 10.6 Å². The lowest BCUT2D eigenvalue weighted by atomic mass is 10.2. The van der Waals surface area contributed by atoms with E-state index in [-0.39, 0.29) is 5.91 Å². The van der Waals surface area contributed by atoms with E-state index < -0.39 is 0 Å². The number of rotatable bonds is 6. The highest BCUT2D eigenvalue weighted by atomic mass is 16.5. The van der Waals surface area contributed by atoms with E-state index >= 15 is 0 Å². The zero-order valence-electron chi connectivity index (χ0n) is 11.4. The van der Waals surface area contributed by atoms with E-state index in [0.717, 1.165) is 31.7 Å². The summed E-state index contributed by atoms with van der Waals surface area (Å²) in [6, 6.07) is 8.27. The monoisotopic (exact) mass is 262 g/mol. The third-order valence-corrected chi connectivity index (χ3v) is 3.23. The van der Waals surface area contributed by atoms with Gasteiger partial charge in [-0.15, -0.1) is 0 Å². The van der Waals surface area contributed by atoms with Gasteiger partial charge in [0.1, 0.15) is 5.75 Å². The number of benzene rings is 1. The molecule has 4 nitrogen and oxygen atoms in total. The number of carbonyl (C=O) groups excluding carboxylic acids is 1. The Hall–Kier alpha value is -1.55. The van der Waals surface area contributed by atoms with Gasteiger partial charge in [0.15, 0.2) is 0 Å². The Morgan fingerprint density at radius 3 is 3.16 bits per heavy atom. The van der Waals surface area contributed by atoms with Crippen LogP contribution in [0.25, 0.3) is 0 Å². The van der Waals surface area contributed by atoms with Crippen LogP contribution in [-0.2, 0) is 4.79 Å².